The van der Waals surface area contributed by atoms with Gasteiger partial charge in [0.2, 0.25) is 0 Å². The van der Waals surface area contributed by atoms with Crippen LogP contribution in [0.15, 0.2) is 156 Å². The van der Waals surface area contributed by atoms with Gasteiger partial charge in [0.05, 0.1) is 22.1 Å². The molecule has 10 rings (SSSR count). The van der Waals surface area contributed by atoms with E-state index in [-0.39, 0.29) is 5.41 Å². The molecule has 0 amide bonds. The van der Waals surface area contributed by atoms with Crippen LogP contribution in [-0.2, 0) is 5.41 Å². The Morgan fingerprint density at radius 3 is 1.77 bits per heavy atom. The highest BCUT2D eigenvalue weighted by Crippen LogP contribution is 2.53. The second kappa shape index (κ2) is 9.57. The van der Waals surface area contributed by atoms with Crippen molar-refractivity contribution in [3.8, 4) is 39.1 Å². The first-order valence-corrected chi connectivity index (χ1v) is 16.4. The maximum absolute atomic E-state index is 6.87. The van der Waals surface area contributed by atoms with Crippen LogP contribution in [0.1, 0.15) is 25.0 Å². The van der Waals surface area contributed by atoms with Gasteiger partial charge in [0.15, 0.2) is 0 Å². The largest absolute Gasteiger partial charge is 0.456 e. The van der Waals surface area contributed by atoms with Crippen LogP contribution in [0.3, 0.4) is 0 Å². The van der Waals surface area contributed by atoms with Gasteiger partial charge in [-0.15, -0.1) is 0 Å². The fraction of sp³-hybridized carbons (Fsp3) is 0.0667. The van der Waals surface area contributed by atoms with Crippen LogP contribution in [0.4, 0.5) is 0 Å². The lowest BCUT2D eigenvalue weighted by Crippen LogP contribution is -2.15. The van der Waals surface area contributed by atoms with Crippen molar-refractivity contribution in [2.45, 2.75) is 19.3 Å². The highest BCUT2D eigenvalue weighted by atomic mass is 16.3. The third-order valence-electron chi connectivity index (χ3n) is 10.4. The first kappa shape index (κ1) is 26.4. The molecule has 2 heterocycles. The number of hydrogen-bond donors (Lipinski definition) is 0. The zero-order chi connectivity index (χ0) is 31.3. The second-order valence-electron chi connectivity index (χ2n) is 13.3. The van der Waals surface area contributed by atoms with Gasteiger partial charge in [-0.3, -0.25) is 0 Å². The molecule has 2 heteroatoms. The maximum atomic E-state index is 6.87. The summed E-state index contributed by atoms with van der Waals surface area (Å²) in [7, 11) is 0. The van der Waals surface area contributed by atoms with Crippen molar-refractivity contribution in [3.05, 3.63) is 163 Å². The molecular formula is C45H31NO. The summed E-state index contributed by atoms with van der Waals surface area (Å²) in [4.78, 5) is 0. The molecule has 1 aliphatic carbocycles. The van der Waals surface area contributed by atoms with Gasteiger partial charge in [0.25, 0.3) is 0 Å². The van der Waals surface area contributed by atoms with Crippen molar-refractivity contribution in [3.63, 3.8) is 0 Å². The number of hydrogen-bond acceptors (Lipinski definition) is 1. The third kappa shape index (κ3) is 3.67. The molecule has 0 bridgehead atoms. The van der Waals surface area contributed by atoms with Crippen LogP contribution in [0.5, 0.6) is 0 Å². The van der Waals surface area contributed by atoms with Crippen molar-refractivity contribution < 1.29 is 4.42 Å². The van der Waals surface area contributed by atoms with E-state index < -0.39 is 0 Å². The van der Waals surface area contributed by atoms with Gasteiger partial charge in [-0.2, -0.15) is 0 Å². The molecule has 2 aromatic heterocycles. The molecule has 2 nitrogen and oxygen atoms in total. The van der Waals surface area contributed by atoms with E-state index in [1.54, 1.807) is 0 Å². The fourth-order valence-corrected chi connectivity index (χ4v) is 8.20. The molecular weight excluding hydrogens is 571 g/mol. The van der Waals surface area contributed by atoms with Crippen molar-refractivity contribution in [2.75, 3.05) is 0 Å². The lowest BCUT2D eigenvalue weighted by Gasteiger charge is -2.21. The Labute approximate surface area is 273 Å². The molecule has 0 fully saturated rings. The predicted octanol–water partition coefficient (Wildman–Crippen LogP) is 12.3. The first-order valence-electron chi connectivity index (χ1n) is 16.4. The molecule has 0 aliphatic heterocycles. The smallest absolute Gasteiger partial charge is 0.140 e. The standard InChI is InChI=1S/C45H31NO/c1-45(2)37-17-10-9-16-32(37)33-22-23-34-42-40(18-11-19-41(42)47-44(34)43(33)45)46-38-24-20-30(28-12-5-3-6-13-28)26-35(38)36-27-31(21-25-39(36)46)29-14-7-4-8-15-29/h3-27H,1-2H3. The third-order valence-corrected chi connectivity index (χ3v) is 10.4. The monoisotopic (exact) mass is 601 g/mol. The number of rotatable bonds is 3. The van der Waals surface area contributed by atoms with Crippen LogP contribution in [-0.4, -0.2) is 4.57 Å². The van der Waals surface area contributed by atoms with Crippen molar-refractivity contribution in [2.24, 2.45) is 0 Å². The summed E-state index contributed by atoms with van der Waals surface area (Å²) < 4.78 is 9.31. The zero-order valence-electron chi connectivity index (χ0n) is 26.3. The van der Waals surface area contributed by atoms with Crippen molar-refractivity contribution in [1.29, 1.82) is 0 Å². The van der Waals surface area contributed by atoms with E-state index >= 15 is 0 Å². The van der Waals surface area contributed by atoms with Gasteiger partial charge in [-0.05, 0) is 81.4 Å². The molecule has 1 aliphatic rings. The molecule has 0 saturated heterocycles. The predicted molar refractivity (Wildman–Crippen MR) is 196 cm³/mol. The van der Waals surface area contributed by atoms with Crippen LogP contribution >= 0.6 is 0 Å². The van der Waals surface area contributed by atoms with E-state index in [2.05, 4.69) is 170 Å². The van der Waals surface area contributed by atoms with E-state index in [0.29, 0.717) is 0 Å². The molecule has 0 spiro atoms. The Morgan fingerprint density at radius 1 is 0.489 bits per heavy atom. The summed E-state index contributed by atoms with van der Waals surface area (Å²) in [6.07, 6.45) is 0. The van der Waals surface area contributed by atoms with E-state index in [0.717, 1.165) is 27.6 Å². The Morgan fingerprint density at radius 2 is 1.11 bits per heavy atom. The van der Waals surface area contributed by atoms with Gasteiger partial charge in [0, 0.05) is 27.1 Å². The van der Waals surface area contributed by atoms with Gasteiger partial charge in [0.1, 0.15) is 11.2 Å². The van der Waals surface area contributed by atoms with E-state index in [9.17, 15) is 0 Å². The number of fused-ring (bicyclic) bond motifs is 10. The Hall–Kier alpha value is -5.86. The Bertz CT molecular complexity index is 2590. The molecule has 47 heavy (non-hydrogen) atoms. The number of furan rings is 1. The Balaban J connectivity index is 1.28. The summed E-state index contributed by atoms with van der Waals surface area (Å²) in [5.74, 6) is 0. The van der Waals surface area contributed by atoms with Gasteiger partial charge >= 0.3 is 0 Å². The van der Waals surface area contributed by atoms with E-state index in [1.165, 1.54) is 66.3 Å². The van der Waals surface area contributed by atoms with Crippen LogP contribution in [0, 0.1) is 0 Å². The molecule has 9 aromatic rings. The average Bonchev–Trinajstić information content (AvgIpc) is 3.74. The molecule has 0 saturated carbocycles. The molecule has 0 radical (unpaired) electrons. The van der Waals surface area contributed by atoms with Gasteiger partial charge in [-0.25, -0.2) is 0 Å². The topological polar surface area (TPSA) is 18.1 Å². The maximum Gasteiger partial charge on any atom is 0.140 e. The summed E-state index contributed by atoms with van der Waals surface area (Å²) in [6.45, 7) is 4.65. The van der Waals surface area contributed by atoms with E-state index in [1.807, 2.05) is 0 Å². The number of nitrogens with zero attached hydrogens (tertiary/aromatic N) is 1. The zero-order valence-corrected chi connectivity index (χ0v) is 26.3. The normalized spacial score (nSPS) is 13.5. The van der Waals surface area contributed by atoms with Crippen LogP contribution in [0.2, 0.25) is 0 Å². The Kier molecular flexibility index (Phi) is 5.37. The number of aromatic nitrogens is 1. The lowest BCUT2D eigenvalue weighted by atomic mass is 9.82. The first-order chi connectivity index (χ1) is 23.1. The molecule has 0 N–H and O–H groups in total. The minimum atomic E-state index is -0.159. The van der Waals surface area contributed by atoms with Gasteiger partial charge < -0.3 is 8.98 Å². The second-order valence-corrected chi connectivity index (χ2v) is 13.3. The van der Waals surface area contributed by atoms with E-state index in [4.69, 9.17) is 4.42 Å². The highest BCUT2D eigenvalue weighted by Gasteiger charge is 2.38. The molecule has 222 valence electrons. The summed E-state index contributed by atoms with van der Waals surface area (Å²) in [5.41, 5.74) is 15.3. The van der Waals surface area contributed by atoms with Gasteiger partial charge in [-0.1, -0.05) is 123 Å². The molecule has 7 aromatic carbocycles. The number of benzene rings is 7. The quantitative estimate of drug-likeness (QED) is 0.197. The summed E-state index contributed by atoms with van der Waals surface area (Å²) >= 11 is 0. The molecule has 0 atom stereocenters. The minimum absolute atomic E-state index is 0.159. The molecule has 0 unspecified atom stereocenters. The lowest BCUT2D eigenvalue weighted by molar-refractivity contribution is 0.620. The fourth-order valence-electron chi connectivity index (χ4n) is 8.20. The van der Waals surface area contributed by atoms with Crippen molar-refractivity contribution >= 4 is 43.7 Å². The summed E-state index contributed by atoms with van der Waals surface area (Å²) in [6, 6.07) is 55.0. The van der Waals surface area contributed by atoms with Crippen LogP contribution < -0.4 is 0 Å². The average molecular weight is 602 g/mol. The summed E-state index contributed by atoms with van der Waals surface area (Å²) in [5, 5.41) is 4.78. The van der Waals surface area contributed by atoms with Crippen molar-refractivity contribution in [1.82, 2.24) is 4.57 Å². The highest BCUT2D eigenvalue weighted by molar-refractivity contribution is 6.16. The van der Waals surface area contributed by atoms with Crippen LogP contribution in [0.25, 0.3) is 82.8 Å². The SMILES string of the molecule is CC1(C)c2ccccc2-c2ccc3c(oc4cccc(-n5c6ccc(-c7ccccc7)cc6c6cc(-c7ccccc7)ccc65)c43)c21. The minimum Gasteiger partial charge on any atom is -0.456 e.